The van der Waals surface area contributed by atoms with Crippen LogP contribution in [0.4, 0.5) is 0 Å². The average Bonchev–Trinajstić information content (AvgIpc) is 1.41. The average molecular weight is 215 g/mol. The molecule has 0 rings (SSSR count). The molecule has 0 aliphatic carbocycles. The van der Waals surface area contributed by atoms with Crippen molar-refractivity contribution >= 4 is 24.5 Å². The fraction of sp³-hybridized carbons (Fsp3) is 0.333. The summed E-state index contributed by atoms with van der Waals surface area (Å²) in [5.74, 6) is 0. The first-order valence-corrected chi connectivity index (χ1v) is 6.93. The van der Waals surface area contributed by atoms with E-state index in [0.29, 0.717) is 0 Å². The van der Waals surface area contributed by atoms with Crippen molar-refractivity contribution in [2.24, 2.45) is 0 Å². The molecule has 0 fully saturated rings. The summed E-state index contributed by atoms with van der Waals surface area (Å²) in [6, 6.07) is 0. The molecule has 0 spiro atoms. The summed E-state index contributed by atoms with van der Waals surface area (Å²) in [6.07, 6.45) is 0. The molecule has 0 aromatic carbocycles. The molecule has 42 valence electrons. The van der Waals surface area contributed by atoms with E-state index in [1.165, 1.54) is 0 Å². The topological polar surface area (TPSA) is 0 Å². The van der Waals surface area contributed by atoms with Gasteiger partial charge in [0.05, 0.1) is 0 Å². The molecule has 0 N–H and O–H groups in total. The second-order valence-electron chi connectivity index (χ2n) is 0.239. The molecule has 0 heterocycles. The van der Waals surface area contributed by atoms with Crippen LogP contribution in [0.15, 0.2) is 0 Å². The molecule has 0 nitrogen and oxygen atoms in total. The monoisotopic (exact) mass is 215 g/mol. The van der Waals surface area contributed by atoms with E-state index in [0.717, 1.165) is 0 Å². The molecule has 0 aliphatic rings. The summed E-state index contributed by atoms with van der Waals surface area (Å²) >= 11 is -1.48. The molecule has 0 atom stereocenters. The second-order valence-corrected chi connectivity index (χ2v) is 6.04. The fourth-order valence-electron chi connectivity index (χ4n) is 0. The van der Waals surface area contributed by atoms with Crippen LogP contribution in [-0.2, 0) is 13.5 Å². The van der Waals surface area contributed by atoms with Crippen LogP contribution in [0.3, 0.4) is 0 Å². The molecular formula is C3H7Cl2Ru-. The zero-order valence-electron chi connectivity index (χ0n) is 3.52. The molecule has 3 heteroatoms. The molecule has 0 bridgehead atoms. The number of rotatable bonds is 0. The van der Waals surface area contributed by atoms with E-state index < -0.39 is 13.5 Å². The van der Waals surface area contributed by atoms with Gasteiger partial charge in [0.15, 0.2) is 0 Å². The van der Waals surface area contributed by atoms with E-state index in [-0.39, 0.29) is 0 Å². The molecule has 0 aromatic heterocycles. The van der Waals surface area contributed by atoms with Gasteiger partial charge in [-0.3, -0.25) is 0 Å². The van der Waals surface area contributed by atoms with E-state index in [1.807, 2.05) is 0 Å². The Balaban J connectivity index is 0. The van der Waals surface area contributed by atoms with Crippen LogP contribution in [0.5, 0.6) is 0 Å². The van der Waals surface area contributed by atoms with Crippen molar-refractivity contribution in [2.75, 3.05) is 0 Å². The SMILES string of the molecule is [CH2-]C.[CH2]=[Ru]([Cl])[Cl]. The van der Waals surface area contributed by atoms with E-state index >= 15 is 0 Å². The van der Waals surface area contributed by atoms with Gasteiger partial charge >= 0.3 is 38.0 Å². The van der Waals surface area contributed by atoms with Gasteiger partial charge in [0.2, 0.25) is 0 Å². The van der Waals surface area contributed by atoms with Crippen LogP contribution < -0.4 is 0 Å². The Kier molecular flexibility index (Phi) is 15.9. The van der Waals surface area contributed by atoms with E-state index in [4.69, 9.17) is 19.4 Å². The van der Waals surface area contributed by atoms with Crippen molar-refractivity contribution in [2.45, 2.75) is 6.92 Å². The Morgan fingerprint density at radius 1 is 1.50 bits per heavy atom. The summed E-state index contributed by atoms with van der Waals surface area (Å²) in [5.41, 5.74) is 0. The molecule has 0 saturated heterocycles. The third-order valence-corrected chi connectivity index (χ3v) is 0. The van der Waals surface area contributed by atoms with Gasteiger partial charge in [0.25, 0.3) is 0 Å². The van der Waals surface area contributed by atoms with Crippen LogP contribution in [0.25, 0.3) is 0 Å². The maximum absolute atomic E-state index is 5.07. The van der Waals surface area contributed by atoms with Crippen LogP contribution >= 0.6 is 19.4 Å². The van der Waals surface area contributed by atoms with E-state index in [1.54, 1.807) is 6.92 Å². The molecule has 0 aromatic rings. The first-order valence-electron chi connectivity index (χ1n) is 1.22. The van der Waals surface area contributed by atoms with Gasteiger partial charge in [-0.2, -0.15) is 6.92 Å². The minimum absolute atomic E-state index is 1.48. The predicted octanol–water partition coefficient (Wildman–Crippen LogP) is 2.18. The molecule has 0 unspecified atom stereocenters. The zero-order chi connectivity index (χ0) is 5.58. The van der Waals surface area contributed by atoms with Crippen molar-refractivity contribution in [3.8, 4) is 0 Å². The van der Waals surface area contributed by atoms with Gasteiger partial charge < -0.3 is 6.92 Å². The predicted molar refractivity (Wildman–Crippen MR) is 29.9 cm³/mol. The molecule has 6 heavy (non-hydrogen) atoms. The number of halogens is 2. The van der Waals surface area contributed by atoms with Crippen LogP contribution in [0.1, 0.15) is 6.92 Å². The van der Waals surface area contributed by atoms with Gasteiger partial charge in [-0.05, 0) is 0 Å². The Labute approximate surface area is 52.0 Å². The number of hydrogen-bond donors (Lipinski definition) is 0. The Morgan fingerprint density at radius 3 is 1.50 bits per heavy atom. The Hall–Kier alpha value is 1.07. The Bertz CT molecular complexity index is 31.8. The summed E-state index contributed by atoms with van der Waals surface area (Å²) in [4.78, 5) is 0. The van der Waals surface area contributed by atoms with Gasteiger partial charge in [0, 0.05) is 0 Å². The fourth-order valence-corrected chi connectivity index (χ4v) is 0. The zero-order valence-corrected chi connectivity index (χ0v) is 6.77. The van der Waals surface area contributed by atoms with Gasteiger partial charge in [0.1, 0.15) is 0 Å². The van der Waals surface area contributed by atoms with Gasteiger partial charge in [-0.15, -0.1) is 0 Å². The van der Waals surface area contributed by atoms with Crippen molar-refractivity contribution < 1.29 is 13.5 Å². The molecule has 0 aliphatic heterocycles. The van der Waals surface area contributed by atoms with Crippen molar-refractivity contribution in [1.82, 2.24) is 0 Å². The standard InChI is InChI=1S/C2H5.CH2.2ClH.Ru/c1-2;;;;/h1H2,2H3;1H2;2*1H;/q-1;;;;+2/p-2. The molecular weight excluding hydrogens is 208 g/mol. The van der Waals surface area contributed by atoms with Crippen molar-refractivity contribution in [1.29, 1.82) is 0 Å². The van der Waals surface area contributed by atoms with Crippen molar-refractivity contribution in [3.05, 3.63) is 6.92 Å². The maximum atomic E-state index is 5.07. The summed E-state index contributed by atoms with van der Waals surface area (Å²) in [5, 5.41) is 3.31. The Morgan fingerprint density at radius 2 is 1.50 bits per heavy atom. The minimum atomic E-state index is -1.48. The van der Waals surface area contributed by atoms with Gasteiger partial charge in [-0.1, -0.05) is 0 Å². The number of hydrogen-bond acceptors (Lipinski definition) is 0. The second kappa shape index (κ2) is 9.42. The first-order chi connectivity index (χ1) is 2.73. The summed E-state index contributed by atoms with van der Waals surface area (Å²) in [6.45, 7) is 5.00. The molecule has 0 radical (unpaired) electrons. The summed E-state index contributed by atoms with van der Waals surface area (Å²) < 4.78 is 0. The van der Waals surface area contributed by atoms with E-state index in [9.17, 15) is 0 Å². The summed E-state index contributed by atoms with van der Waals surface area (Å²) in [7, 11) is 10.1. The molecule has 0 amide bonds. The third kappa shape index (κ3) is 73.1. The van der Waals surface area contributed by atoms with Crippen molar-refractivity contribution in [3.63, 3.8) is 0 Å². The van der Waals surface area contributed by atoms with E-state index in [2.05, 4.69) is 12.0 Å². The first kappa shape index (κ1) is 10.1. The quantitative estimate of drug-likeness (QED) is 0.429. The normalized spacial score (nSPS) is 8.33. The molecule has 0 saturated carbocycles. The van der Waals surface area contributed by atoms with Crippen LogP contribution in [0, 0.1) is 6.92 Å². The van der Waals surface area contributed by atoms with Crippen LogP contribution in [-0.4, -0.2) is 5.11 Å². The van der Waals surface area contributed by atoms with Gasteiger partial charge in [-0.25, -0.2) is 0 Å². The third-order valence-electron chi connectivity index (χ3n) is 0. The van der Waals surface area contributed by atoms with Crippen LogP contribution in [0.2, 0.25) is 0 Å².